The van der Waals surface area contributed by atoms with Gasteiger partial charge in [0.05, 0.1) is 9.99 Å². The van der Waals surface area contributed by atoms with E-state index in [2.05, 4.69) is 48.7 Å². The van der Waals surface area contributed by atoms with Gasteiger partial charge in [0.25, 0.3) is 0 Å². The normalized spacial score (nSPS) is 10.7. The highest BCUT2D eigenvalue weighted by Gasteiger charge is 2.08. The molecule has 0 radical (unpaired) electrons. The Bertz CT molecular complexity index is 690. The van der Waals surface area contributed by atoms with E-state index in [9.17, 15) is 4.79 Å². The maximum Gasteiger partial charge on any atom is 0.228 e. The fraction of sp³-hybridized carbons (Fsp3) is 0.278. The zero-order valence-electron chi connectivity index (χ0n) is 13.7. The smallest absolute Gasteiger partial charge is 0.228 e. The van der Waals surface area contributed by atoms with Gasteiger partial charge in [-0.1, -0.05) is 28.1 Å². The lowest BCUT2D eigenvalue weighted by Crippen LogP contribution is -2.19. The van der Waals surface area contributed by atoms with Crippen LogP contribution in [0, 0.1) is 3.57 Å². The lowest BCUT2D eigenvalue weighted by atomic mass is 10.1. The van der Waals surface area contributed by atoms with Crippen molar-refractivity contribution in [3.63, 3.8) is 0 Å². The second-order valence-corrected chi connectivity index (χ2v) is 7.73. The lowest BCUT2D eigenvalue weighted by molar-refractivity contribution is -0.115. The Morgan fingerprint density at radius 3 is 2.58 bits per heavy atom. The molecule has 2 aromatic rings. The Morgan fingerprint density at radius 1 is 1.21 bits per heavy atom. The van der Waals surface area contributed by atoms with Crippen LogP contribution in [0.3, 0.4) is 0 Å². The number of halogens is 2. The van der Waals surface area contributed by atoms with Crippen molar-refractivity contribution in [2.75, 3.05) is 32.6 Å². The van der Waals surface area contributed by atoms with Crippen LogP contribution >= 0.6 is 38.5 Å². The number of ether oxygens (including phenoxy) is 1. The highest BCUT2D eigenvalue weighted by Crippen LogP contribution is 2.25. The van der Waals surface area contributed by atoms with Crippen molar-refractivity contribution in [1.82, 2.24) is 4.90 Å². The van der Waals surface area contributed by atoms with Crippen molar-refractivity contribution in [2.24, 2.45) is 0 Å². The number of likely N-dealkylation sites (N-methyl/N-ethyl adjacent to an activating group) is 1. The Balaban J connectivity index is 1.96. The summed E-state index contributed by atoms with van der Waals surface area (Å²) in [5.41, 5.74) is 1.72. The Hall–Kier alpha value is -1.12. The fourth-order valence-corrected chi connectivity index (χ4v) is 2.78. The van der Waals surface area contributed by atoms with Crippen molar-refractivity contribution < 1.29 is 9.53 Å². The molecule has 0 bridgehead atoms. The summed E-state index contributed by atoms with van der Waals surface area (Å²) in [5.74, 6) is 0.747. The van der Waals surface area contributed by atoms with Crippen LogP contribution in [0.4, 0.5) is 5.69 Å². The topological polar surface area (TPSA) is 41.6 Å². The van der Waals surface area contributed by atoms with Crippen LogP contribution < -0.4 is 10.1 Å². The third-order valence-corrected chi connectivity index (χ3v) is 4.71. The summed E-state index contributed by atoms with van der Waals surface area (Å²) in [5, 5.41) is 2.93. The maximum absolute atomic E-state index is 12.2. The monoisotopic (exact) mass is 502 g/mol. The van der Waals surface area contributed by atoms with E-state index in [1.165, 1.54) is 0 Å². The number of hydrogen-bond acceptors (Lipinski definition) is 3. The molecule has 2 aromatic carbocycles. The lowest BCUT2D eigenvalue weighted by Gasteiger charge is -2.13. The molecule has 6 heteroatoms. The van der Waals surface area contributed by atoms with Crippen molar-refractivity contribution in [3.8, 4) is 5.75 Å². The van der Waals surface area contributed by atoms with Gasteiger partial charge in [-0.25, -0.2) is 0 Å². The number of nitrogens with zero attached hydrogens (tertiary/aromatic N) is 1. The van der Waals surface area contributed by atoms with E-state index < -0.39 is 0 Å². The Morgan fingerprint density at radius 2 is 1.92 bits per heavy atom. The number of benzene rings is 2. The predicted octanol–water partition coefficient (Wildman–Crippen LogP) is 4.18. The molecule has 1 N–H and O–H groups in total. The first-order valence-corrected chi connectivity index (χ1v) is 9.42. The third-order valence-electron chi connectivity index (χ3n) is 3.29. The molecule has 1 amide bonds. The van der Waals surface area contributed by atoms with E-state index in [1.807, 2.05) is 56.6 Å². The average Bonchev–Trinajstić information content (AvgIpc) is 2.52. The number of nitrogens with one attached hydrogen (secondary N) is 1. The van der Waals surface area contributed by atoms with Crippen molar-refractivity contribution in [1.29, 1.82) is 0 Å². The first-order valence-electron chi connectivity index (χ1n) is 7.55. The Kier molecular flexibility index (Phi) is 7.51. The van der Waals surface area contributed by atoms with E-state index >= 15 is 0 Å². The summed E-state index contributed by atoms with van der Waals surface area (Å²) in [4.78, 5) is 14.3. The van der Waals surface area contributed by atoms with Crippen LogP contribution in [0.25, 0.3) is 0 Å². The summed E-state index contributed by atoms with van der Waals surface area (Å²) >= 11 is 5.63. The Labute approximate surface area is 164 Å². The number of carbonyl (C=O) groups is 1. The zero-order valence-corrected chi connectivity index (χ0v) is 17.4. The molecule has 0 unspecified atom stereocenters. The molecule has 0 aliphatic rings. The predicted molar refractivity (Wildman–Crippen MR) is 110 cm³/mol. The van der Waals surface area contributed by atoms with Crippen LogP contribution in [-0.2, 0) is 11.2 Å². The first kappa shape index (κ1) is 19.2. The van der Waals surface area contributed by atoms with Gasteiger partial charge in [0.2, 0.25) is 5.91 Å². The van der Waals surface area contributed by atoms with Gasteiger partial charge < -0.3 is 15.0 Å². The molecular formula is C18H20BrIN2O2. The standard InChI is InChI=1S/C18H20BrIN2O2/c1-22(2)9-10-24-17-12-15(7-8-16(17)20)21-18(23)11-13-3-5-14(19)6-4-13/h3-8,12H,9-11H2,1-2H3,(H,21,23). The van der Waals surface area contributed by atoms with Gasteiger partial charge in [-0.15, -0.1) is 0 Å². The summed E-state index contributed by atoms with van der Waals surface area (Å²) in [7, 11) is 4.01. The van der Waals surface area contributed by atoms with Crippen LogP contribution in [-0.4, -0.2) is 38.1 Å². The van der Waals surface area contributed by atoms with Crippen LogP contribution in [0.2, 0.25) is 0 Å². The summed E-state index contributed by atoms with van der Waals surface area (Å²) < 4.78 is 7.82. The molecule has 128 valence electrons. The van der Waals surface area contributed by atoms with Crippen LogP contribution in [0.1, 0.15) is 5.56 Å². The number of rotatable bonds is 7. The van der Waals surface area contributed by atoms with Gasteiger partial charge in [0, 0.05) is 22.8 Å². The maximum atomic E-state index is 12.2. The summed E-state index contributed by atoms with van der Waals surface area (Å²) in [6.45, 7) is 1.45. The zero-order chi connectivity index (χ0) is 17.5. The summed E-state index contributed by atoms with van der Waals surface area (Å²) in [6.07, 6.45) is 0.343. The van der Waals surface area contributed by atoms with Crippen molar-refractivity contribution >= 4 is 50.1 Å². The highest BCUT2D eigenvalue weighted by atomic mass is 127. The molecule has 24 heavy (non-hydrogen) atoms. The van der Waals surface area contributed by atoms with Gasteiger partial charge in [-0.05, 0) is 66.5 Å². The minimum Gasteiger partial charge on any atom is -0.491 e. The minimum absolute atomic E-state index is 0.0437. The number of hydrogen-bond donors (Lipinski definition) is 1. The number of carbonyl (C=O) groups excluding carboxylic acids is 1. The number of anilines is 1. The second-order valence-electron chi connectivity index (χ2n) is 5.65. The molecule has 0 saturated heterocycles. The minimum atomic E-state index is -0.0437. The fourth-order valence-electron chi connectivity index (χ4n) is 2.02. The van der Waals surface area contributed by atoms with E-state index in [0.29, 0.717) is 13.0 Å². The molecule has 0 aromatic heterocycles. The van der Waals surface area contributed by atoms with E-state index in [4.69, 9.17) is 4.74 Å². The highest BCUT2D eigenvalue weighted by molar-refractivity contribution is 14.1. The van der Waals surface area contributed by atoms with Gasteiger partial charge in [0.1, 0.15) is 12.4 Å². The van der Waals surface area contributed by atoms with Crippen molar-refractivity contribution in [3.05, 3.63) is 56.1 Å². The van der Waals surface area contributed by atoms with Gasteiger partial charge >= 0.3 is 0 Å². The van der Waals surface area contributed by atoms with Crippen molar-refractivity contribution in [2.45, 2.75) is 6.42 Å². The molecule has 0 spiro atoms. The quantitative estimate of drug-likeness (QED) is 0.577. The molecule has 0 atom stereocenters. The molecule has 0 saturated carbocycles. The van der Waals surface area contributed by atoms with Crippen LogP contribution in [0.5, 0.6) is 5.75 Å². The molecule has 0 aliphatic carbocycles. The largest absolute Gasteiger partial charge is 0.491 e. The molecule has 4 nitrogen and oxygen atoms in total. The second kappa shape index (κ2) is 9.39. The molecular weight excluding hydrogens is 483 g/mol. The van der Waals surface area contributed by atoms with E-state index in [0.717, 1.165) is 31.6 Å². The SMILES string of the molecule is CN(C)CCOc1cc(NC(=O)Cc2ccc(Br)cc2)ccc1I. The molecule has 2 rings (SSSR count). The first-order chi connectivity index (χ1) is 11.4. The molecule has 0 heterocycles. The van der Waals surface area contributed by atoms with E-state index in [-0.39, 0.29) is 5.91 Å². The molecule has 0 aliphatic heterocycles. The van der Waals surface area contributed by atoms with Gasteiger partial charge in [-0.3, -0.25) is 4.79 Å². The van der Waals surface area contributed by atoms with Gasteiger partial charge in [0.15, 0.2) is 0 Å². The van der Waals surface area contributed by atoms with Gasteiger partial charge in [-0.2, -0.15) is 0 Å². The summed E-state index contributed by atoms with van der Waals surface area (Å²) in [6, 6.07) is 13.5. The number of amides is 1. The molecule has 0 fully saturated rings. The van der Waals surface area contributed by atoms with E-state index in [1.54, 1.807) is 0 Å². The average molecular weight is 503 g/mol. The van der Waals surface area contributed by atoms with Crippen LogP contribution in [0.15, 0.2) is 46.9 Å². The third kappa shape index (κ3) is 6.41.